The van der Waals surface area contributed by atoms with Gasteiger partial charge in [0.1, 0.15) is 0 Å². The van der Waals surface area contributed by atoms with Crippen molar-refractivity contribution in [1.29, 1.82) is 0 Å². The van der Waals surface area contributed by atoms with Crippen LogP contribution in [0.5, 0.6) is 0 Å². The molecule has 4 nitrogen and oxygen atoms in total. The topological polar surface area (TPSA) is 53.2 Å². The summed E-state index contributed by atoms with van der Waals surface area (Å²) in [4.78, 5) is 11.0. The molecule has 0 heterocycles. The van der Waals surface area contributed by atoms with Crippen LogP contribution in [-0.4, -0.2) is 39.1 Å². The van der Waals surface area contributed by atoms with E-state index in [9.17, 15) is 4.79 Å². The fraction of sp³-hybridized carbons (Fsp3) is 0.889. The van der Waals surface area contributed by atoms with E-state index in [1.165, 1.54) is 0 Å². The molecule has 0 aliphatic rings. The highest BCUT2D eigenvalue weighted by Gasteiger charge is 2.09. The number of hydrogen-bond donors (Lipinski definition) is 3. The van der Waals surface area contributed by atoms with Crippen LogP contribution in [0.2, 0.25) is 0 Å². The molecule has 1 unspecified atom stereocenters. The summed E-state index contributed by atoms with van der Waals surface area (Å²) in [6.45, 7) is 3.98. The first-order valence-electron chi connectivity index (χ1n) is 4.83. The van der Waals surface area contributed by atoms with Crippen molar-refractivity contribution < 1.29 is 4.79 Å². The maximum Gasteiger partial charge on any atom is 0.221 e. The largest absolute Gasteiger partial charge is 0.359 e. The monoisotopic (exact) mass is 187 g/mol. The first kappa shape index (κ1) is 12.4. The van der Waals surface area contributed by atoms with Crippen molar-refractivity contribution in [1.82, 2.24) is 16.0 Å². The minimum Gasteiger partial charge on any atom is -0.359 e. The molecule has 0 saturated heterocycles. The lowest BCUT2D eigenvalue weighted by Gasteiger charge is -2.15. The molecule has 0 radical (unpaired) electrons. The van der Waals surface area contributed by atoms with E-state index in [2.05, 4.69) is 22.9 Å². The molecule has 1 atom stereocenters. The zero-order valence-electron chi connectivity index (χ0n) is 8.81. The number of amides is 1. The Bertz CT molecular complexity index is 139. The molecule has 0 spiro atoms. The summed E-state index contributed by atoms with van der Waals surface area (Å²) in [5, 5.41) is 8.99. The zero-order chi connectivity index (χ0) is 10.1. The second-order valence-electron chi connectivity index (χ2n) is 3.07. The summed E-state index contributed by atoms with van der Waals surface area (Å²) in [5.74, 6) is 0.0812. The lowest BCUT2D eigenvalue weighted by molar-refractivity contribution is -0.121. The Hall–Kier alpha value is -0.610. The van der Waals surface area contributed by atoms with Gasteiger partial charge in [0.15, 0.2) is 0 Å². The molecule has 0 fully saturated rings. The fourth-order valence-electron chi connectivity index (χ4n) is 1.06. The molecule has 3 N–H and O–H groups in total. The van der Waals surface area contributed by atoms with Gasteiger partial charge in [-0.2, -0.15) is 0 Å². The standard InChI is InChI=1S/C9H21N3O/c1-4-5-12-7-8(10-2)6-9(13)11-3/h8,10,12H,4-7H2,1-3H3,(H,11,13). The van der Waals surface area contributed by atoms with E-state index in [4.69, 9.17) is 0 Å². The molecule has 13 heavy (non-hydrogen) atoms. The van der Waals surface area contributed by atoms with E-state index in [-0.39, 0.29) is 11.9 Å². The van der Waals surface area contributed by atoms with Gasteiger partial charge in [0, 0.05) is 26.1 Å². The molecule has 0 rings (SSSR count). The van der Waals surface area contributed by atoms with Crippen LogP contribution in [0.15, 0.2) is 0 Å². The summed E-state index contributed by atoms with van der Waals surface area (Å²) in [7, 11) is 3.54. The lowest BCUT2D eigenvalue weighted by Crippen LogP contribution is -2.40. The maximum absolute atomic E-state index is 11.0. The van der Waals surface area contributed by atoms with Crippen LogP contribution in [0.4, 0.5) is 0 Å². The van der Waals surface area contributed by atoms with Gasteiger partial charge >= 0.3 is 0 Å². The van der Waals surface area contributed by atoms with Crippen molar-refractivity contribution in [2.75, 3.05) is 27.2 Å². The van der Waals surface area contributed by atoms with E-state index in [0.717, 1.165) is 19.5 Å². The summed E-state index contributed by atoms with van der Waals surface area (Å²) >= 11 is 0. The SMILES string of the molecule is CCCNCC(CC(=O)NC)NC. The molecule has 0 aromatic rings. The van der Waals surface area contributed by atoms with Crippen LogP contribution in [0.1, 0.15) is 19.8 Å². The van der Waals surface area contributed by atoms with Gasteiger partial charge in [-0.3, -0.25) is 4.79 Å². The normalized spacial score (nSPS) is 12.5. The van der Waals surface area contributed by atoms with Gasteiger partial charge in [0.25, 0.3) is 0 Å². The van der Waals surface area contributed by atoms with Crippen molar-refractivity contribution in [3.8, 4) is 0 Å². The molecule has 0 aliphatic carbocycles. The third kappa shape index (κ3) is 6.54. The Morgan fingerprint density at radius 2 is 2.08 bits per heavy atom. The van der Waals surface area contributed by atoms with Crippen molar-refractivity contribution in [2.24, 2.45) is 0 Å². The maximum atomic E-state index is 11.0. The third-order valence-corrected chi connectivity index (χ3v) is 1.94. The Morgan fingerprint density at radius 1 is 1.38 bits per heavy atom. The highest BCUT2D eigenvalue weighted by molar-refractivity contribution is 5.76. The Balaban J connectivity index is 3.56. The molecular formula is C9H21N3O. The Labute approximate surface area is 80.5 Å². The molecule has 0 aliphatic heterocycles. The summed E-state index contributed by atoms with van der Waals surface area (Å²) in [6, 6.07) is 0.228. The van der Waals surface area contributed by atoms with Crippen LogP contribution < -0.4 is 16.0 Å². The average molecular weight is 187 g/mol. The molecule has 0 aromatic heterocycles. The van der Waals surface area contributed by atoms with Crippen molar-refractivity contribution in [3.05, 3.63) is 0 Å². The summed E-state index contributed by atoms with van der Waals surface area (Å²) in [5.41, 5.74) is 0. The quantitative estimate of drug-likeness (QED) is 0.480. The molecule has 78 valence electrons. The highest BCUT2D eigenvalue weighted by atomic mass is 16.1. The predicted molar refractivity (Wildman–Crippen MR) is 54.7 cm³/mol. The van der Waals surface area contributed by atoms with Gasteiger partial charge in [-0.1, -0.05) is 6.92 Å². The molecule has 4 heteroatoms. The Kier molecular flexibility index (Phi) is 7.63. The first-order valence-corrected chi connectivity index (χ1v) is 4.83. The number of rotatable bonds is 7. The summed E-state index contributed by atoms with van der Waals surface area (Å²) in [6.07, 6.45) is 1.65. The van der Waals surface area contributed by atoms with Crippen LogP contribution in [0, 0.1) is 0 Å². The number of likely N-dealkylation sites (N-methyl/N-ethyl adjacent to an activating group) is 1. The minimum atomic E-state index is 0.0812. The second kappa shape index (κ2) is 8.01. The predicted octanol–water partition coefficient (Wildman–Crippen LogP) is -0.290. The Morgan fingerprint density at radius 3 is 2.54 bits per heavy atom. The van der Waals surface area contributed by atoms with Gasteiger partial charge in [-0.05, 0) is 20.0 Å². The van der Waals surface area contributed by atoms with Crippen molar-refractivity contribution >= 4 is 5.91 Å². The van der Waals surface area contributed by atoms with Gasteiger partial charge < -0.3 is 16.0 Å². The molecule has 0 aromatic carbocycles. The fourth-order valence-corrected chi connectivity index (χ4v) is 1.06. The van der Waals surface area contributed by atoms with E-state index in [0.29, 0.717) is 6.42 Å². The molecule has 1 amide bonds. The van der Waals surface area contributed by atoms with Crippen LogP contribution >= 0.6 is 0 Å². The van der Waals surface area contributed by atoms with Crippen LogP contribution in [-0.2, 0) is 4.79 Å². The van der Waals surface area contributed by atoms with Gasteiger partial charge in [0.05, 0.1) is 0 Å². The average Bonchev–Trinajstić information content (AvgIpc) is 2.16. The molecule has 0 bridgehead atoms. The number of nitrogens with one attached hydrogen (secondary N) is 3. The number of carbonyl (C=O) groups is 1. The van der Waals surface area contributed by atoms with Gasteiger partial charge in [-0.25, -0.2) is 0 Å². The van der Waals surface area contributed by atoms with Gasteiger partial charge in [0.2, 0.25) is 5.91 Å². The number of carbonyl (C=O) groups excluding carboxylic acids is 1. The summed E-state index contributed by atoms with van der Waals surface area (Å²) < 4.78 is 0. The van der Waals surface area contributed by atoms with Crippen molar-refractivity contribution in [3.63, 3.8) is 0 Å². The molecular weight excluding hydrogens is 166 g/mol. The van der Waals surface area contributed by atoms with Crippen molar-refractivity contribution in [2.45, 2.75) is 25.8 Å². The minimum absolute atomic E-state index is 0.0812. The van der Waals surface area contributed by atoms with E-state index < -0.39 is 0 Å². The van der Waals surface area contributed by atoms with E-state index in [1.807, 2.05) is 7.05 Å². The van der Waals surface area contributed by atoms with Gasteiger partial charge in [-0.15, -0.1) is 0 Å². The zero-order valence-corrected chi connectivity index (χ0v) is 8.81. The van der Waals surface area contributed by atoms with Crippen LogP contribution in [0.3, 0.4) is 0 Å². The third-order valence-electron chi connectivity index (χ3n) is 1.94. The molecule has 0 saturated carbocycles. The lowest BCUT2D eigenvalue weighted by atomic mass is 10.2. The first-order chi connectivity index (χ1) is 6.24. The highest BCUT2D eigenvalue weighted by Crippen LogP contribution is 1.89. The van der Waals surface area contributed by atoms with Crippen LogP contribution in [0.25, 0.3) is 0 Å². The second-order valence-corrected chi connectivity index (χ2v) is 3.07. The smallest absolute Gasteiger partial charge is 0.221 e. The van der Waals surface area contributed by atoms with E-state index in [1.54, 1.807) is 7.05 Å². The number of hydrogen-bond acceptors (Lipinski definition) is 3. The van der Waals surface area contributed by atoms with E-state index >= 15 is 0 Å².